The molecule has 0 N–H and O–H groups in total. The summed E-state index contributed by atoms with van der Waals surface area (Å²) in [5.41, 5.74) is 0.924. The van der Waals surface area contributed by atoms with Crippen molar-refractivity contribution >= 4 is 12.0 Å². The Morgan fingerprint density at radius 3 is 2.89 bits per heavy atom. The van der Waals surface area contributed by atoms with Crippen molar-refractivity contribution in [2.24, 2.45) is 0 Å². The molecule has 0 saturated carbocycles. The lowest BCUT2D eigenvalue weighted by molar-refractivity contribution is -0.137. The van der Waals surface area contributed by atoms with Crippen molar-refractivity contribution in [2.45, 2.75) is 26.7 Å². The van der Waals surface area contributed by atoms with E-state index >= 15 is 0 Å². The number of unbranched alkanes of at least 4 members (excludes halogenated alkanes) is 1. The standard InChI is InChI=1S/C15H20O3/c1-3-5-11-18-15(16)10-9-13-7-6-8-14(12-13)17-4-2/h6-10,12H,3-5,11H2,1-2H3/b10-9+. The molecule has 18 heavy (non-hydrogen) atoms. The van der Waals surface area contributed by atoms with Gasteiger partial charge in [0.1, 0.15) is 5.75 Å². The predicted molar refractivity (Wildman–Crippen MR) is 72.5 cm³/mol. The molecule has 0 aliphatic heterocycles. The molecule has 0 saturated heterocycles. The van der Waals surface area contributed by atoms with Crippen LogP contribution >= 0.6 is 0 Å². The van der Waals surface area contributed by atoms with Crippen LogP contribution in [0.1, 0.15) is 32.3 Å². The molecule has 1 aromatic rings. The average molecular weight is 248 g/mol. The summed E-state index contributed by atoms with van der Waals surface area (Å²) in [6, 6.07) is 7.59. The molecule has 0 bridgehead atoms. The van der Waals surface area contributed by atoms with E-state index in [2.05, 4.69) is 6.92 Å². The fraction of sp³-hybridized carbons (Fsp3) is 0.400. The minimum absolute atomic E-state index is 0.301. The van der Waals surface area contributed by atoms with E-state index in [0.717, 1.165) is 24.2 Å². The minimum Gasteiger partial charge on any atom is -0.494 e. The predicted octanol–water partition coefficient (Wildman–Crippen LogP) is 3.44. The number of benzene rings is 1. The summed E-state index contributed by atoms with van der Waals surface area (Å²) in [5, 5.41) is 0. The van der Waals surface area contributed by atoms with Crippen LogP contribution < -0.4 is 4.74 Å². The van der Waals surface area contributed by atoms with Crippen LogP contribution in [0, 0.1) is 0 Å². The molecule has 0 amide bonds. The Hall–Kier alpha value is -1.77. The molecule has 0 unspecified atom stereocenters. The van der Waals surface area contributed by atoms with E-state index < -0.39 is 0 Å². The van der Waals surface area contributed by atoms with Gasteiger partial charge >= 0.3 is 5.97 Å². The molecule has 3 nitrogen and oxygen atoms in total. The van der Waals surface area contributed by atoms with Gasteiger partial charge in [0.25, 0.3) is 0 Å². The zero-order valence-electron chi connectivity index (χ0n) is 11.0. The number of rotatable bonds is 7. The van der Waals surface area contributed by atoms with Gasteiger partial charge in [-0.25, -0.2) is 4.79 Å². The summed E-state index contributed by atoms with van der Waals surface area (Å²) < 4.78 is 10.4. The zero-order chi connectivity index (χ0) is 13.2. The molecule has 0 aliphatic carbocycles. The van der Waals surface area contributed by atoms with Crippen LogP contribution in [0.5, 0.6) is 5.75 Å². The van der Waals surface area contributed by atoms with Crippen LogP contribution in [0.4, 0.5) is 0 Å². The quantitative estimate of drug-likeness (QED) is 0.421. The highest BCUT2D eigenvalue weighted by Crippen LogP contribution is 2.14. The number of carbonyl (C=O) groups is 1. The maximum Gasteiger partial charge on any atom is 0.330 e. The third-order valence-corrected chi connectivity index (χ3v) is 2.32. The second kappa shape index (κ2) is 8.34. The summed E-state index contributed by atoms with van der Waals surface area (Å²) in [6.07, 6.45) is 5.10. The van der Waals surface area contributed by atoms with Gasteiger partial charge in [0.2, 0.25) is 0 Å². The summed E-state index contributed by atoms with van der Waals surface area (Å²) in [7, 11) is 0. The SMILES string of the molecule is CCCCOC(=O)/C=C/c1cccc(OCC)c1. The Morgan fingerprint density at radius 2 is 2.17 bits per heavy atom. The zero-order valence-corrected chi connectivity index (χ0v) is 11.0. The number of hydrogen-bond donors (Lipinski definition) is 0. The fourth-order valence-corrected chi connectivity index (χ4v) is 1.40. The van der Waals surface area contributed by atoms with E-state index in [1.807, 2.05) is 31.2 Å². The van der Waals surface area contributed by atoms with Gasteiger partial charge in [-0.05, 0) is 37.1 Å². The van der Waals surface area contributed by atoms with Gasteiger partial charge in [0, 0.05) is 6.08 Å². The fourth-order valence-electron chi connectivity index (χ4n) is 1.40. The molecule has 0 fully saturated rings. The molecule has 0 radical (unpaired) electrons. The first kappa shape index (κ1) is 14.3. The number of ether oxygens (including phenoxy) is 2. The van der Waals surface area contributed by atoms with E-state index in [1.165, 1.54) is 6.08 Å². The normalized spacial score (nSPS) is 10.6. The van der Waals surface area contributed by atoms with Crippen LogP contribution in [0.3, 0.4) is 0 Å². The van der Waals surface area contributed by atoms with Crippen LogP contribution in [0.2, 0.25) is 0 Å². The lowest BCUT2D eigenvalue weighted by Crippen LogP contribution is -2.01. The van der Waals surface area contributed by atoms with Crippen molar-refractivity contribution in [3.63, 3.8) is 0 Å². The lowest BCUT2D eigenvalue weighted by atomic mass is 10.2. The molecular formula is C15H20O3. The second-order valence-corrected chi connectivity index (χ2v) is 3.86. The monoisotopic (exact) mass is 248 g/mol. The van der Waals surface area contributed by atoms with E-state index in [9.17, 15) is 4.79 Å². The van der Waals surface area contributed by atoms with E-state index in [1.54, 1.807) is 6.08 Å². The maximum atomic E-state index is 11.4. The lowest BCUT2D eigenvalue weighted by Gasteiger charge is -2.03. The molecule has 0 aromatic heterocycles. The van der Waals surface area contributed by atoms with Gasteiger partial charge in [-0.15, -0.1) is 0 Å². The highest BCUT2D eigenvalue weighted by atomic mass is 16.5. The minimum atomic E-state index is -0.301. The molecular weight excluding hydrogens is 228 g/mol. The molecule has 0 atom stereocenters. The number of esters is 1. The molecule has 1 rings (SSSR count). The van der Waals surface area contributed by atoms with Gasteiger partial charge < -0.3 is 9.47 Å². The van der Waals surface area contributed by atoms with E-state index in [4.69, 9.17) is 9.47 Å². The van der Waals surface area contributed by atoms with Gasteiger partial charge in [-0.2, -0.15) is 0 Å². The van der Waals surface area contributed by atoms with Gasteiger partial charge in [0.15, 0.2) is 0 Å². The van der Waals surface area contributed by atoms with Crippen molar-refractivity contribution in [1.29, 1.82) is 0 Å². The van der Waals surface area contributed by atoms with Crippen molar-refractivity contribution in [2.75, 3.05) is 13.2 Å². The van der Waals surface area contributed by atoms with Gasteiger partial charge in [0.05, 0.1) is 13.2 Å². The Kier molecular flexibility index (Phi) is 6.62. The first-order valence-electron chi connectivity index (χ1n) is 6.34. The van der Waals surface area contributed by atoms with Gasteiger partial charge in [-0.3, -0.25) is 0 Å². The Morgan fingerprint density at radius 1 is 1.33 bits per heavy atom. The van der Waals surface area contributed by atoms with Crippen molar-refractivity contribution in [1.82, 2.24) is 0 Å². The van der Waals surface area contributed by atoms with Crippen LogP contribution in [-0.2, 0) is 9.53 Å². The highest BCUT2D eigenvalue weighted by Gasteiger charge is 1.97. The molecule has 98 valence electrons. The van der Waals surface area contributed by atoms with E-state index in [0.29, 0.717) is 13.2 Å². The Balaban J connectivity index is 2.50. The highest BCUT2D eigenvalue weighted by molar-refractivity contribution is 5.87. The summed E-state index contributed by atoms with van der Waals surface area (Å²) in [4.78, 5) is 11.4. The summed E-state index contributed by atoms with van der Waals surface area (Å²) >= 11 is 0. The Bertz CT molecular complexity index is 396. The average Bonchev–Trinajstić information content (AvgIpc) is 2.38. The van der Waals surface area contributed by atoms with E-state index in [-0.39, 0.29) is 5.97 Å². The molecule has 0 heterocycles. The summed E-state index contributed by atoms with van der Waals surface area (Å²) in [6.45, 7) is 5.11. The topological polar surface area (TPSA) is 35.5 Å². The first-order chi connectivity index (χ1) is 8.76. The smallest absolute Gasteiger partial charge is 0.330 e. The van der Waals surface area contributed by atoms with Crippen molar-refractivity contribution in [3.05, 3.63) is 35.9 Å². The van der Waals surface area contributed by atoms with Crippen LogP contribution in [-0.4, -0.2) is 19.2 Å². The number of carbonyl (C=O) groups excluding carboxylic acids is 1. The molecule has 3 heteroatoms. The van der Waals surface area contributed by atoms with Crippen molar-refractivity contribution < 1.29 is 14.3 Å². The third-order valence-electron chi connectivity index (χ3n) is 2.32. The summed E-state index contributed by atoms with van der Waals surface area (Å²) in [5.74, 6) is 0.504. The van der Waals surface area contributed by atoms with Crippen molar-refractivity contribution in [3.8, 4) is 5.75 Å². The largest absolute Gasteiger partial charge is 0.494 e. The second-order valence-electron chi connectivity index (χ2n) is 3.86. The maximum absolute atomic E-state index is 11.4. The number of hydrogen-bond acceptors (Lipinski definition) is 3. The third kappa shape index (κ3) is 5.53. The Labute approximate surface area is 108 Å². The van der Waals surface area contributed by atoms with Gasteiger partial charge in [-0.1, -0.05) is 25.5 Å². The van der Waals surface area contributed by atoms with Crippen LogP contribution in [0.15, 0.2) is 30.3 Å². The first-order valence-corrected chi connectivity index (χ1v) is 6.34. The van der Waals surface area contributed by atoms with Crippen LogP contribution in [0.25, 0.3) is 6.08 Å². The molecule has 0 spiro atoms. The molecule has 1 aromatic carbocycles. The molecule has 0 aliphatic rings.